The zero-order valence-corrected chi connectivity index (χ0v) is 46.3. The van der Waals surface area contributed by atoms with Crippen molar-refractivity contribution in [1.29, 1.82) is 0 Å². The molecule has 0 radical (unpaired) electrons. The standard InChI is InChI=1S/C63H116O6/c1-4-7-10-13-16-19-22-25-28-30-31-33-36-39-42-45-48-51-54-57-63(66)69-60(58-67-61(64)55-52-49-46-43-40-37-34-27-24-21-18-15-12-9-6-3)59-68-62(65)56-53-50-47-44-41-38-35-32-29-26-23-20-17-14-11-8-5-2/h18,21,26-27,29,34,60H,4-17,19-20,22-25,28,30-33,35-59H2,1-3H3/b21-18-,29-26-,34-27-/t60-/m1/s1. The first-order valence-corrected chi connectivity index (χ1v) is 30.5. The van der Waals surface area contributed by atoms with Crippen LogP contribution in [0.5, 0.6) is 0 Å². The van der Waals surface area contributed by atoms with E-state index >= 15 is 0 Å². The van der Waals surface area contributed by atoms with Crippen molar-refractivity contribution in [3.63, 3.8) is 0 Å². The average Bonchev–Trinajstić information content (AvgIpc) is 3.35. The molecule has 0 unspecified atom stereocenters. The van der Waals surface area contributed by atoms with Gasteiger partial charge in [-0.2, -0.15) is 0 Å². The summed E-state index contributed by atoms with van der Waals surface area (Å²) in [6, 6.07) is 0. The molecule has 0 N–H and O–H groups in total. The van der Waals surface area contributed by atoms with Crippen LogP contribution in [-0.2, 0) is 28.6 Å². The van der Waals surface area contributed by atoms with E-state index < -0.39 is 6.10 Å². The summed E-state index contributed by atoms with van der Waals surface area (Å²) in [5.41, 5.74) is 0. The maximum Gasteiger partial charge on any atom is 0.306 e. The van der Waals surface area contributed by atoms with E-state index in [4.69, 9.17) is 14.2 Å². The van der Waals surface area contributed by atoms with Crippen LogP contribution in [0.2, 0.25) is 0 Å². The van der Waals surface area contributed by atoms with E-state index in [0.29, 0.717) is 19.3 Å². The highest BCUT2D eigenvalue weighted by Gasteiger charge is 2.19. The lowest BCUT2D eigenvalue weighted by atomic mass is 10.0. The van der Waals surface area contributed by atoms with Crippen molar-refractivity contribution in [1.82, 2.24) is 0 Å². The highest BCUT2D eigenvalue weighted by atomic mass is 16.6. The molecule has 6 nitrogen and oxygen atoms in total. The Labute approximate surface area is 429 Å². The number of ether oxygens (including phenoxy) is 3. The predicted molar refractivity (Wildman–Crippen MR) is 298 cm³/mol. The minimum atomic E-state index is -0.777. The van der Waals surface area contributed by atoms with Gasteiger partial charge in [0.25, 0.3) is 0 Å². The number of allylic oxidation sites excluding steroid dienone is 6. The summed E-state index contributed by atoms with van der Waals surface area (Å²) >= 11 is 0. The Morgan fingerprint density at radius 3 is 0.841 bits per heavy atom. The van der Waals surface area contributed by atoms with Gasteiger partial charge in [0.05, 0.1) is 0 Å². The van der Waals surface area contributed by atoms with Crippen LogP contribution in [0.25, 0.3) is 0 Å². The molecule has 404 valence electrons. The van der Waals surface area contributed by atoms with Crippen molar-refractivity contribution in [3.05, 3.63) is 36.5 Å². The van der Waals surface area contributed by atoms with E-state index in [2.05, 4.69) is 57.2 Å². The van der Waals surface area contributed by atoms with Crippen LogP contribution < -0.4 is 0 Å². The molecule has 0 aromatic carbocycles. The Bertz CT molecular complexity index is 1160. The first-order valence-electron chi connectivity index (χ1n) is 30.5. The van der Waals surface area contributed by atoms with Gasteiger partial charge in [0.1, 0.15) is 13.2 Å². The van der Waals surface area contributed by atoms with Gasteiger partial charge in [-0.15, -0.1) is 0 Å². The molecule has 0 aliphatic rings. The first kappa shape index (κ1) is 66.6. The number of unbranched alkanes of at least 4 members (excludes halogenated alkanes) is 39. The summed E-state index contributed by atoms with van der Waals surface area (Å²) in [4.78, 5) is 38.2. The molecule has 0 saturated heterocycles. The molecule has 0 saturated carbocycles. The Balaban J connectivity index is 4.35. The zero-order chi connectivity index (χ0) is 50.0. The first-order chi connectivity index (χ1) is 34.0. The van der Waals surface area contributed by atoms with Crippen LogP contribution in [0, 0.1) is 0 Å². The number of carbonyl (C=O) groups excluding carboxylic acids is 3. The third-order valence-electron chi connectivity index (χ3n) is 13.6. The van der Waals surface area contributed by atoms with E-state index in [1.807, 2.05) is 0 Å². The van der Waals surface area contributed by atoms with Crippen molar-refractivity contribution >= 4 is 17.9 Å². The topological polar surface area (TPSA) is 78.9 Å². The van der Waals surface area contributed by atoms with E-state index in [1.165, 1.54) is 212 Å². The predicted octanol–water partition coefficient (Wildman–Crippen LogP) is 20.4. The molecule has 0 aliphatic heterocycles. The molecule has 0 fully saturated rings. The molecule has 0 aromatic rings. The van der Waals surface area contributed by atoms with E-state index in [1.54, 1.807) is 0 Å². The van der Waals surface area contributed by atoms with Gasteiger partial charge < -0.3 is 14.2 Å². The summed E-state index contributed by atoms with van der Waals surface area (Å²) in [5.74, 6) is -0.872. The van der Waals surface area contributed by atoms with Gasteiger partial charge in [0.15, 0.2) is 6.10 Å². The summed E-state index contributed by atoms with van der Waals surface area (Å²) in [6.45, 7) is 6.65. The number of carbonyl (C=O) groups is 3. The lowest BCUT2D eigenvalue weighted by molar-refractivity contribution is -0.167. The second kappa shape index (κ2) is 58.2. The largest absolute Gasteiger partial charge is 0.462 e. The molecule has 0 amide bonds. The third-order valence-corrected chi connectivity index (χ3v) is 13.6. The maximum absolute atomic E-state index is 12.9. The Hall–Kier alpha value is -2.37. The summed E-state index contributed by atoms with van der Waals surface area (Å²) < 4.78 is 16.9. The minimum absolute atomic E-state index is 0.0753. The van der Waals surface area contributed by atoms with Crippen molar-refractivity contribution < 1.29 is 28.6 Å². The number of hydrogen-bond acceptors (Lipinski definition) is 6. The van der Waals surface area contributed by atoms with Gasteiger partial charge in [-0.3, -0.25) is 14.4 Å². The molecule has 0 spiro atoms. The lowest BCUT2D eigenvalue weighted by Gasteiger charge is -2.18. The Morgan fingerprint density at radius 2 is 0.522 bits per heavy atom. The molecule has 6 heteroatoms. The third kappa shape index (κ3) is 56.4. The zero-order valence-electron chi connectivity index (χ0n) is 46.3. The molecule has 0 bridgehead atoms. The maximum atomic E-state index is 12.9. The van der Waals surface area contributed by atoms with Crippen LogP contribution >= 0.6 is 0 Å². The van der Waals surface area contributed by atoms with Gasteiger partial charge in [-0.25, -0.2) is 0 Å². The highest BCUT2D eigenvalue weighted by molar-refractivity contribution is 5.71. The van der Waals surface area contributed by atoms with E-state index in [-0.39, 0.29) is 31.1 Å². The van der Waals surface area contributed by atoms with Gasteiger partial charge >= 0.3 is 17.9 Å². The molecule has 0 aromatic heterocycles. The molecular weight excluding hydrogens is 853 g/mol. The Kier molecular flexibility index (Phi) is 56.2. The van der Waals surface area contributed by atoms with E-state index in [9.17, 15) is 14.4 Å². The summed E-state index contributed by atoms with van der Waals surface area (Å²) in [5, 5.41) is 0. The number of hydrogen-bond donors (Lipinski definition) is 0. The molecular formula is C63H116O6. The lowest BCUT2D eigenvalue weighted by Crippen LogP contribution is -2.30. The van der Waals surface area contributed by atoms with Crippen molar-refractivity contribution in [2.45, 2.75) is 335 Å². The molecule has 0 aliphatic carbocycles. The van der Waals surface area contributed by atoms with Gasteiger partial charge in [0, 0.05) is 19.3 Å². The van der Waals surface area contributed by atoms with Crippen LogP contribution in [0.4, 0.5) is 0 Å². The van der Waals surface area contributed by atoms with Gasteiger partial charge in [0.2, 0.25) is 0 Å². The van der Waals surface area contributed by atoms with Crippen molar-refractivity contribution in [2.75, 3.05) is 13.2 Å². The average molecular weight is 970 g/mol. The quantitative estimate of drug-likeness (QED) is 0.0261. The fraction of sp³-hybridized carbons (Fsp3) is 0.857. The molecule has 0 rings (SSSR count). The van der Waals surface area contributed by atoms with Crippen LogP contribution in [0.3, 0.4) is 0 Å². The normalized spacial score (nSPS) is 12.2. The Morgan fingerprint density at radius 1 is 0.290 bits per heavy atom. The van der Waals surface area contributed by atoms with Crippen LogP contribution in [-0.4, -0.2) is 37.2 Å². The van der Waals surface area contributed by atoms with Crippen molar-refractivity contribution in [3.8, 4) is 0 Å². The summed E-state index contributed by atoms with van der Waals surface area (Å²) in [6.07, 6.45) is 69.9. The highest BCUT2D eigenvalue weighted by Crippen LogP contribution is 2.17. The fourth-order valence-electron chi connectivity index (χ4n) is 9.00. The molecule has 69 heavy (non-hydrogen) atoms. The van der Waals surface area contributed by atoms with E-state index in [0.717, 1.165) is 77.0 Å². The minimum Gasteiger partial charge on any atom is -0.462 e. The smallest absolute Gasteiger partial charge is 0.306 e. The van der Waals surface area contributed by atoms with Gasteiger partial charge in [-0.05, 0) is 77.0 Å². The monoisotopic (exact) mass is 969 g/mol. The van der Waals surface area contributed by atoms with Crippen LogP contribution in [0.1, 0.15) is 329 Å². The van der Waals surface area contributed by atoms with Crippen molar-refractivity contribution in [2.24, 2.45) is 0 Å². The van der Waals surface area contributed by atoms with Crippen LogP contribution in [0.15, 0.2) is 36.5 Å². The molecule has 1 atom stereocenters. The SMILES string of the molecule is CCCCC/C=C\C/C=C\CCCCCCCC(=O)OC[C@H](COC(=O)CCCCCCCCC/C=C\CCCCCCCC)OC(=O)CCCCCCCCCCCCCCCCCCCCC. The van der Waals surface area contributed by atoms with Gasteiger partial charge in [-0.1, -0.05) is 269 Å². The molecule has 0 heterocycles. The summed E-state index contributed by atoms with van der Waals surface area (Å²) in [7, 11) is 0. The fourth-order valence-corrected chi connectivity index (χ4v) is 9.00. The second-order valence-corrected chi connectivity index (χ2v) is 20.6. The number of esters is 3. The number of rotatable bonds is 56. The second-order valence-electron chi connectivity index (χ2n) is 20.6.